The molecule has 150 valence electrons. The maximum absolute atomic E-state index is 12.9. The van der Waals surface area contributed by atoms with Gasteiger partial charge in [-0.2, -0.15) is 0 Å². The molecular formula is C18H21ClN4O4S. The van der Waals surface area contributed by atoms with Crippen LogP contribution in [0, 0.1) is 5.92 Å². The summed E-state index contributed by atoms with van der Waals surface area (Å²) in [7, 11) is 1.50. The van der Waals surface area contributed by atoms with Gasteiger partial charge >= 0.3 is 0 Å². The number of halogens is 1. The first-order valence-corrected chi connectivity index (χ1v) is 10.2. The number of hydrogen-bond donors (Lipinski definition) is 1. The topological polar surface area (TPSA) is 93.7 Å². The van der Waals surface area contributed by atoms with Crippen molar-refractivity contribution in [3.8, 4) is 11.5 Å². The summed E-state index contributed by atoms with van der Waals surface area (Å²) in [5, 5.41) is 11.1. The van der Waals surface area contributed by atoms with E-state index in [9.17, 15) is 9.59 Å². The number of ether oxygens (including phenoxy) is 2. The van der Waals surface area contributed by atoms with E-state index in [-0.39, 0.29) is 17.7 Å². The van der Waals surface area contributed by atoms with Crippen molar-refractivity contribution in [2.75, 3.05) is 32.1 Å². The molecule has 8 nitrogen and oxygen atoms in total. The summed E-state index contributed by atoms with van der Waals surface area (Å²) >= 11 is 7.54. The zero-order chi connectivity index (χ0) is 20.1. The van der Waals surface area contributed by atoms with Crippen molar-refractivity contribution < 1.29 is 19.1 Å². The smallest absolute Gasteiger partial charge is 0.254 e. The number of rotatable bonds is 6. The molecule has 2 aromatic rings. The number of amides is 2. The van der Waals surface area contributed by atoms with E-state index < -0.39 is 0 Å². The summed E-state index contributed by atoms with van der Waals surface area (Å²) in [6.45, 7) is 3.26. The highest BCUT2D eigenvalue weighted by Gasteiger charge is 2.29. The Balaban J connectivity index is 1.63. The number of piperidine rings is 1. The van der Waals surface area contributed by atoms with E-state index in [4.69, 9.17) is 21.1 Å². The van der Waals surface area contributed by atoms with E-state index in [0.717, 1.165) is 0 Å². The molecular weight excluding hydrogens is 404 g/mol. The Morgan fingerprint density at radius 2 is 2.11 bits per heavy atom. The Bertz CT molecular complexity index is 838. The fourth-order valence-electron chi connectivity index (χ4n) is 3.09. The molecule has 28 heavy (non-hydrogen) atoms. The molecule has 0 bridgehead atoms. The van der Waals surface area contributed by atoms with Gasteiger partial charge in [0.05, 0.1) is 18.7 Å². The lowest BCUT2D eigenvalue weighted by atomic mass is 9.95. The van der Waals surface area contributed by atoms with Gasteiger partial charge in [0, 0.05) is 24.6 Å². The Hall–Kier alpha value is -2.39. The van der Waals surface area contributed by atoms with Crippen molar-refractivity contribution in [2.24, 2.45) is 5.92 Å². The van der Waals surface area contributed by atoms with Crippen LogP contribution in [0.3, 0.4) is 0 Å². The highest BCUT2D eigenvalue weighted by molar-refractivity contribution is 7.13. The number of anilines is 1. The van der Waals surface area contributed by atoms with Crippen molar-refractivity contribution in [3.05, 3.63) is 28.2 Å². The molecule has 0 spiro atoms. The van der Waals surface area contributed by atoms with Gasteiger partial charge in [0.15, 0.2) is 11.5 Å². The number of methoxy groups -OCH3 is 1. The Morgan fingerprint density at radius 1 is 1.36 bits per heavy atom. The highest BCUT2D eigenvalue weighted by Crippen LogP contribution is 2.37. The minimum Gasteiger partial charge on any atom is -0.493 e. The number of nitrogens with zero attached hydrogens (tertiary/aromatic N) is 3. The van der Waals surface area contributed by atoms with Crippen LogP contribution in [0.25, 0.3) is 0 Å². The van der Waals surface area contributed by atoms with Gasteiger partial charge in [0.25, 0.3) is 5.91 Å². The number of nitrogens with one attached hydrogen (secondary N) is 1. The molecule has 0 radical (unpaired) electrons. The minimum atomic E-state index is -0.161. The monoisotopic (exact) mass is 424 g/mol. The summed E-state index contributed by atoms with van der Waals surface area (Å²) in [6.07, 6.45) is 1.16. The van der Waals surface area contributed by atoms with Crippen molar-refractivity contribution in [1.82, 2.24) is 15.1 Å². The van der Waals surface area contributed by atoms with Crippen LogP contribution >= 0.6 is 22.9 Å². The van der Waals surface area contributed by atoms with Gasteiger partial charge in [-0.25, -0.2) is 0 Å². The van der Waals surface area contributed by atoms with E-state index in [1.165, 1.54) is 18.4 Å². The molecule has 0 unspecified atom stereocenters. The van der Waals surface area contributed by atoms with E-state index in [0.29, 0.717) is 59.8 Å². The molecule has 1 saturated heterocycles. The van der Waals surface area contributed by atoms with Crippen LogP contribution in [-0.2, 0) is 4.79 Å². The summed E-state index contributed by atoms with van der Waals surface area (Å²) < 4.78 is 10.8. The Morgan fingerprint density at radius 3 is 2.71 bits per heavy atom. The third kappa shape index (κ3) is 4.53. The molecule has 2 heterocycles. The van der Waals surface area contributed by atoms with Crippen LogP contribution in [0.5, 0.6) is 11.5 Å². The van der Waals surface area contributed by atoms with Crippen molar-refractivity contribution in [2.45, 2.75) is 19.8 Å². The average molecular weight is 425 g/mol. The summed E-state index contributed by atoms with van der Waals surface area (Å²) in [4.78, 5) is 26.9. The lowest BCUT2D eigenvalue weighted by molar-refractivity contribution is -0.121. The second-order valence-corrected chi connectivity index (χ2v) is 7.46. The largest absolute Gasteiger partial charge is 0.493 e. The van der Waals surface area contributed by atoms with E-state index in [2.05, 4.69) is 15.5 Å². The number of carbonyl (C=O) groups excluding carboxylic acids is 2. The lowest BCUT2D eigenvalue weighted by Crippen LogP contribution is -2.41. The summed E-state index contributed by atoms with van der Waals surface area (Å²) in [5.74, 6) is 0.451. The normalized spacial score (nSPS) is 14.6. The Labute approximate surface area is 171 Å². The Kier molecular flexibility index (Phi) is 6.69. The first-order chi connectivity index (χ1) is 13.5. The lowest BCUT2D eigenvalue weighted by Gasteiger charge is -2.31. The molecule has 2 amide bonds. The molecule has 3 rings (SSSR count). The second kappa shape index (κ2) is 9.20. The first-order valence-electron chi connectivity index (χ1n) is 8.90. The molecule has 0 aliphatic carbocycles. The molecule has 0 atom stereocenters. The number of benzene rings is 1. The SMILES string of the molecule is CCOc1c(Cl)cc(C(=O)N2CCC(C(=O)Nc3nncs3)CC2)cc1OC. The number of aromatic nitrogens is 2. The predicted molar refractivity (Wildman–Crippen MR) is 106 cm³/mol. The fraction of sp³-hybridized carbons (Fsp3) is 0.444. The molecule has 0 saturated carbocycles. The zero-order valence-corrected chi connectivity index (χ0v) is 17.2. The molecule has 1 aliphatic rings. The molecule has 1 fully saturated rings. The summed E-state index contributed by atoms with van der Waals surface area (Å²) in [6, 6.07) is 3.22. The minimum absolute atomic E-state index is 0.0883. The van der Waals surface area contributed by atoms with Crippen LogP contribution in [-0.4, -0.2) is 53.7 Å². The van der Waals surface area contributed by atoms with E-state index >= 15 is 0 Å². The second-order valence-electron chi connectivity index (χ2n) is 6.22. The van der Waals surface area contributed by atoms with Crippen LogP contribution in [0.15, 0.2) is 17.6 Å². The third-order valence-electron chi connectivity index (χ3n) is 4.51. The van der Waals surface area contributed by atoms with Gasteiger partial charge in [-0.05, 0) is 31.9 Å². The van der Waals surface area contributed by atoms with Crippen molar-refractivity contribution >= 4 is 39.9 Å². The zero-order valence-electron chi connectivity index (χ0n) is 15.6. The number of hydrogen-bond acceptors (Lipinski definition) is 7. The molecule has 1 aromatic heterocycles. The number of likely N-dealkylation sites (tertiary alicyclic amines) is 1. The molecule has 1 aliphatic heterocycles. The van der Waals surface area contributed by atoms with Gasteiger partial charge in [-0.3, -0.25) is 9.59 Å². The fourth-order valence-corrected chi connectivity index (χ4v) is 3.80. The van der Waals surface area contributed by atoms with Crippen LogP contribution in [0.4, 0.5) is 5.13 Å². The molecule has 1 N–H and O–H groups in total. The maximum atomic E-state index is 12.9. The average Bonchev–Trinajstić information content (AvgIpc) is 3.22. The van der Waals surface area contributed by atoms with Crippen molar-refractivity contribution in [1.29, 1.82) is 0 Å². The van der Waals surface area contributed by atoms with Gasteiger partial charge < -0.3 is 19.7 Å². The maximum Gasteiger partial charge on any atom is 0.254 e. The summed E-state index contributed by atoms with van der Waals surface area (Å²) in [5.41, 5.74) is 2.00. The standard InChI is InChI=1S/C18H21ClN4O4S/c1-3-27-15-13(19)8-12(9-14(15)26-2)17(25)23-6-4-11(5-7-23)16(24)21-18-22-20-10-28-18/h8-11H,3-7H2,1-2H3,(H,21,22,24). The molecule has 10 heteroatoms. The number of carbonyl (C=O) groups is 2. The van der Waals surface area contributed by atoms with E-state index in [1.807, 2.05) is 6.92 Å². The predicted octanol–water partition coefficient (Wildman–Crippen LogP) is 3.09. The quantitative estimate of drug-likeness (QED) is 0.765. The molecule has 1 aromatic carbocycles. The van der Waals surface area contributed by atoms with Gasteiger partial charge in [0.2, 0.25) is 11.0 Å². The van der Waals surface area contributed by atoms with Gasteiger partial charge in [-0.1, -0.05) is 22.9 Å². The van der Waals surface area contributed by atoms with Crippen LogP contribution < -0.4 is 14.8 Å². The van der Waals surface area contributed by atoms with Gasteiger partial charge in [-0.15, -0.1) is 10.2 Å². The van der Waals surface area contributed by atoms with Gasteiger partial charge in [0.1, 0.15) is 5.51 Å². The van der Waals surface area contributed by atoms with E-state index in [1.54, 1.807) is 22.5 Å². The highest BCUT2D eigenvalue weighted by atomic mass is 35.5. The van der Waals surface area contributed by atoms with Crippen molar-refractivity contribution in [3.63, 3.8) is 0 Å². The first kappa shape index (κ1) is 20.3. The third-order valence-corrected chi connectivity index (χ3v) is 5.40. The van der Waals surface area contributed by atoms with Crippen LogP contribution in [0.1, 0.15) is 30.1 Å². The van der Waals surface area contributed by atoms with Crippen LogP contribution in [0.2, 0.25) is 5.02 Å².